The van der Waals surface area contributed by atoms with Crippen molar-refractivity contribution in [2.45, 2.75) is 59.2 Å². The topological polar surface area (TPSA) is 9.23 Å². The van der Waals surface area contributed by atoms with Crippen molar-refractivity contribution >= 4 is 10.8 Å². The van der Waals surface area contributed by atoms with Crippen LogP contribution in [-0.4, -0.2) is 12.7 Å². The van der Waals surface area contributed by atoms with E-state index in [1.807, 2.05) is 13.8 Å². The monoisotopic (exact) mass is 308 g/mol. The lowest BCUT2D eigenvalue weighted by Crippen LogP contribution is -2.14. The van der Waals surface area contributed by atoms with Crippen LogP contribution in [0.2, 0.25) is 0 Å². The molecule has 0 saturated carbocycles. The number of halogens is 2. The zero-order chi connectivity index (χ0) is 16.4. The number of hydrogen-bond donors (Lipinski definition) is 0. The number of ether oxygens (including phenoxy) is 1. The van der Waals surface area contributed by atoms with Crippen LogP contribution in [0.5, 0.6) is 0 Å². The second-order valence-electron chi connectivity index (χ2n) is 5.33. The molecule has 0 aromatic heterocycles. The zero-order valence-electron chi connectivity index (χ0n) is 13.7. The molecule has 0 aliphatic rings. The number of hydrogen-bond acceptors (Lipinski definition) is 1. The highest BCUT2D eigenvalue weighted by Crippen LogP contribution is 2.16. The lowest BCUT2D eigenvalue weighted by molar-refractivity contribution is -0.144. The van der Waals surface area contributed by atoms with Crippen molar-refractivity contribution in [1.29, 1.82) is 0 Å². The Bertz CT molecular complexity index is 526. The third kappa shape index (κ3) is 6.52. The van der Waals surface area contributed by atoms with E-state index >= 15 is 0 Å². The lowest BCUT2D eigenvalue weighted by Gasteiger charge is -2.11. The average Bonchev–Trinajstić information content (AvgIpc) is 2.49. The van der Waals surface area contributed by atoms with Crippen molar-refractivity contribution in [2.24, 2.45) is 0 Å². The lowest BCUT2D eigenvalue weighted by atomic mass is 10.1. The maximum atomic E-state index is 12.5. The molecule has 0 N–H and O–H groups in total. The van der Waals surface area contributed by atoms with Crippen LogP contribution in [-0.2, 0) is 4.74 Å². The van der Waals surface area contributed by atoms with Crippen molar-refractivity contribution in [3.8, 4) is 0 Å². The number of alkyl halides is 2. The molecule has 0 bridgehead atoms. The summed E-state index contributed by atoms with van der Waals surface area (Å²) in [6, 6.07) is 14.8. The highest BCUT2D eigenvalue weighted by molar-refractivity contribution is 5.85. The second kappa shape index (κ2) is 10.3. The van der Waals surface area contributed by atoms with Gasteiger partial charge in [0, 0.05) is 12.8 Å². The molecule has 0 aliphatic heterocycles. The minimum Gasteiger partial charge on any atom is -0.314 e. The molecule has 0 saturated heterocycles. The fourth-order valence-electron chi connectivity index (χ4n) is 2.14. The Labute approximate surface area is 132 Å². The molecule has 3 heteroatoms. The Kier molecular flexibility index (Phi) is 8.68. The van der Waals surface area contributed by atoms with Gasteiger partial charge in [-0.15, -0.1) is 0 Å². The van der Waals surface area contributed by atoms with Crippen LogP contribution in [0.25, 0.3) is 10.8 Å². The van der Waals surface area contributed by atoms with Crippen molar-refractivity contribution in [3.63, 3.8) is 0 Å². The standard InChI is InChI=1S/C11H10.C8H16F2O/c1-9-5-4-7-10-6-2-3-8-11(9)10;1-3-5-7(9)11-8(10)6-4-2/h2-8H,1H3;7-8H,3-6H2,1-2H3. The molecule has 0 radical (unpaired) electrons. The molecule has 1 nitrogen and oxygen atoms in total. The van der Waals surface area contributed by atoms with Gasteiger partial charge in [-0.25, -0.2) is 8.78 Å². The van der Waals surface area contributed by atoms with Gasteiger partial charge in [0.25, 0.3) is 0 Å². The normalized spacial score (nSPS) is 13.3. The highest BCUT2D eigenvalue weighted by Gasteiger charge is 2.12. The van der Waals surface area contributed by atoms with Gasteiger partial charge in [0.15, 0.2) is 0 Å². The molecule has 0 aliphatic carbocycles. The van der Waals surface area contributed by atoms with Crippen LogP contribution in [0.15, 0.2) is 42.5 Å². The summed E-state index contributed by atoms with van der Waals surface area (Å²) in [5.74, 6) is 0. The number of benzene rings is 2. The van der Waals surface area contributed by atoms with Gasteiger partial charge >= 0.3 is 0 Å². The predicted molar refractivity (Wildman–Crippen MR) is 89.4 cm³/mol. The first-order valence-corrected chi connectivity index (χ1v) is 7.96. The molecule has 2 atom stereocenters. The van der Waals surface area contributed by atoms with E-state index in [9.17, 15) is 8.78 Å². The Morgan fingerprint density at radius 3 is 1.95 bits per heavy atom. The summed E-state index contributed by atoms with van der Waals surface area (Å²) in [4.78, 5) is 0. The van der Waals surface area contributed by atoms with Gasteiger partial charge < -0.3 is 4.74 Å². The summed E-state index contributed by atoms with van der Waals surface area (Å²) in [5.41, 5.74) is 1.35. The zero-order valence-corrected chi connectivity index (χ0v) is 13.7. The third-order valence-electron chi connectivity index (χ3n) is 3.33. The van der Waals surface area contributed by atoms with E-state index in [2.05, 4.69) is 54.1 Å². The summed E-state index contributed by atoms with van der Waals surface area (Å²) in [7, 11) is 0. The first-order valence-electron chi connectivity index (χ1n) is 7.96. The Hall–Kier alpha value is -1.48. The fourth-order valence-corrected chi connectivity index (χ4v) is 2.14. The SMILES string of the molecule is CCCC(F)OC(F)CCC.Cc1cccc2ccccc12. The molecule has 2 unspecified atom stereocenters. The third-order valence-corrected chi connectivity index (χ3v) is 3.33. The summed E-state index contributed by atoms with van der Waals surface area (Å²) in [5, 5.41) is 2.68. The smallest absolute Gasteiger partial charge is 0.201 e. The molecule has 2 rings (SSSR count). The van der Waals surface area contributed by atoms with E-state index < -0.39 is 12.7 Å². The van der Waals surface area contributed by atoms with Gasteiger partial charge in [-0.2, -0.15) is 0 Å². The van der Waals surface area contributed by atoms with E-state index in [-0.39, 0.29) is 12.8 Å². The van der Waals surface area contributed by atoms with Crippen molar-refractivity contribution in [1.82, 2.24) is 0 Å². The first kappa shape index (κ1) is 18.6. The number of aryl methyl sites for hydroxylation is 1. The van der Waals surface area contributed by atoms with Crippen LogP contribution in [0.4, 0.5) is 8.78 Å². The molecule has 0 spiro atoms. The van der Waals surface area contributed by atoms with E-state index in [0.29, 0.717) is 12.8 Å². The molecular weight excluding hydrogens is 282 g/mol. The van der Waals surface area contributed by atoms with Crippen molar-refractivity contribution < 1.29 is 13.5 Å². The fraction of sp³-hybridized carbons (Fsp3) is 0.474. The number of rotatable bonds is 6. The van der Waals surface area contributed by atoms with E-state index in [0.717, 1.165) is 0 Å². The predicted octanol–water partition coefficient (Wildman–Crippen LogP) is 6.34. The van der Waals surface area contributed by atoms with Crippen molar-refractivity contribution in [2.75, 3.05) is 0 Å². The van der Waals surface area contributed by atoms with Crippen LogP contribution in [0.1, 0.15) is 45.1 Å². The van der Waals surface area contributed by atoms with Gasteiger partial charge in [0.05, 0.1) is 0 Å². The molecule has 0 heterocycles. The summed E-state index contributed by atoms with van der Waals surface area (Å²) < 4.78 is 29.4. The Morgan fingerprint density at radius 1 is 0.864 bits per heavy atom. The largest absolute Gasteiger partial charge is 0.314 e. The highest BCUT2D eigenvalue weighted by atomic mass is 19.2. The first-order chi connectivity index (χ1) is 10.6. The average molecular weight is 308 g/mol. The molecule has 122 valence electrons. The molecule has 22 heavy (non-hydrogen) atoms. The molecule has 2 aromatic rings. The van der Waals surface area contributed by atoms with Gasteiger partial charge in [0.1, 0.15) is 0 Å². The number of fused-ring (bicyclic) bond motifs is 1. The van der Waals surface area contributed by atoms with E-state index in [4.69, 9.17) is 0 Å². The Balaban J connectivity index is 0.000000220. The van der Waals surface area contributed by atoms with E-state index in [1.54, 1.807) is 0 Å². The Morgan fingerprint density at radius 2 is 1.41 bits per heavy atom. The van der Waals surface area contributed by atoms with Crippen LogP contribution >= 0.6 is 0 Å². The van der Waals surface area contributed by atoms with Gasteiger partial charge in [0.2, 0.25) is 12.7 Å². The maximum absolute atomic E-state index is 12.5. The molecule has 0 fully saturated rings. The summed E-state index contributed by atoms with van der Waals surface area (Å²) in [6.07, 6.45) is -0.933. The van der Waals surface area contributed by atoms with Crippen molar-refractivity contribution in [3.05, 3.63) is 48.0 Å². The molecule has 2 aromatic carbocycles. The van der Waals surface area contributed by atoms with Crippen LogP contribution < -0.4 is 0 Å². The minimum atomic E-state index is -1.43. The molecular formula is C19H26F2O. The van der Waals surface area contributed by atoms with Crippen LogP contribution in [0.3, 0.4) is 0 Å². The maximum Gasteiger partial charge on any atom is 0.201 e. The summed E-state index contributed by atoms with van der Waals surface area (Å²) in [6.45, 7) is 5.81. The van der Waals surface area contributed by atoms with Gasteiger partial charge in [-0.3, -0.25) is 0 Å². The van der Waals surface area contributed by atoms with Gasteiger partial charge in [-0.05, 0) is 23.3 Å². The van der Waals surface area contributed by atoms with E-state index in [1.165, 1.54) is 16.3 Å². The summed E-state index contributed by atoms with van der Waals surface area (Å²) >= 11 is 0. The van der Waals surface area contributed by atoms with Crippen LogP contribution in [0, 0.1) is 6.92 Å². The van der Waals surface area contributed by atoms with Gasteiger partial charge in [-0.1, -0.05) is 69.2 Å². The molecule has 0 amide bonds. The second-order valence-corrected chi connectivity index (χ2v) is 5.33. The quantitative estimate of drug-likeness (QED) is 0.604. The minimum absolute atomic E-state index is 0.282.